The Bertz CT molecular complexity index is 768. The van der Waals surface area contributed by atoms with E-state index in [-0.39, 0.29) is 17.6 Å². The number of aliphatic hydroxyl groups excluding tert-OH is 1. The molecule has 4 rings (SSSR count). The first-order valence-corrected chi connectivity index (χ1v) is 9.15. The number of benzene rings is 1. The molecule has 5 nitrogen and oxygen atoms in total. The van der Waals surface area contributed by atoms with Gasteiger partial charge in [-0.15, -0.1) is 0 Å². The van der Waals surface area contributed by atoms with Gasteiger partial charge in [0, 0.05) is 19.6 Å². The molecule has 144 valence electrons. The van der Waals surface area contributed by atoms with Crippen molar-refractivity contribution in [3.63, 3.8) is 0 Å². The van der Waals surface area contributed by atoms with E-state index >= 15 is 0 Å². The predicted octanol–water partition coefficient (Wildman–Crippen LogP) is 2.89. The highest BCUT2D eigenvalue weighted by Gasteiger charge is 2.42. The monoisotopic (exact) mass is 376 g/mol. The van der Waals surface area contributed by atoms with E-state index in [1.54, 1.807) is 6.07 Å². The number of aromatic hydroxyl groups is 1. The maximum Gasteiger partial charge on any atom is 0.191 e. The summed E-state index contributed by atoms with van der Waals surface area (Å²) in [7, 11) is 0. The van der Waals surface area contributed by atoms with Crippen LogP contribution in [-0.4, -0.2) is 45.8 Å². The number of rotatable bonds is 5. The summed E-state index contributed by atoms with van der Waals surface area (Å²) in [6.45, 7) is 2.11. The molecule has 2 aliphatic rings. The zero-order chi connectivity index (χ0) is 19.0. The number of likely N-dealkylation sites (tertiary alicyclic amines) is 1. The Kier molecular flexibility index (Phi) is 4.97. The number of aromatic nitrogens is 1. The van der Waals surface area contributed by atoms with Crippen LogP contribution in [0.5, 0.6) is 11.5 Å². The van der Waals surface area contributed by atoms with Gasteiger partial charge in [-0.05, 0) is 48.9 Å². The van der Waals surface area contributed by atoms with Gasteiger partial charge in [0.25, 0.3) is 0 Å². The van der Waals surface area contributed by atoms with Gasteiger partial charge in [-0.2, -0.15) is 0 Å². The van der Waals surface area contributed by atoms with Crippen LogP contribution in [0, 0.1) is 23.5 Å². The molecule has 0 amide bonds. The minimum Gasteiger partial charge on any atom is -0.506 e. The molecular formula is C20H22F2N2O3. The molecule has 1 unspecified atom stereocenters. The predicted molar refractivity (Wildman–Crippen MR) is 94.3 cm³/mol. The van der Waals surface area contributed by atoms with E-state index in [9.17, 15) is 19.0 Å². The van der Waals surface area contributed by atoms with E-state index in [2.05, 4.69) is 9.88 Å². The third kappa shape index (κ3) is 3.89. The van der Waals surface area contributed by atoms with Gasteiger partial charge in [-0.1, -0.05) is 6.07 Å². The molecule has 0 radical (unpaired) electrons. The third-order valence-electron chi connectivity index (χ3n) is 5.53. The van der Waals surface area contributed by atoms with E-state index in [1.807, 2.05) is 0 Å². The first kappa shape index (κ1) is 18.1. The molecule has 1 aliphatic carbocycles. The molecule has 27 heavy (non-hydrogen) atoms. The molecule has 2 aromatic rings. The fourth-order valence-corrected chi connectivity index (χ4v) is 4.28. The zero-order valence-corrected chi connectivity index (χ0v) is 14.8. The number of fused-ring (bicyclic) bond motifs is 1. The lowest BCUT2D eigenvalue weighted by Gasteiger charge is -2.22. The molecule has 1 saturated heterocycles. The maximum absolute atomic E-state index is 13.8. The Labute approximate surface area is 156 Å². The van der Waals surface area contributed by atoms with Crippen LogP contribution in [-0.2, 0) is 0 Å². The van der Waals surface area contributed by atoms with E-state index in [1.165, 1.54) is 30.5 Å². The van der Waals surface area contributed by atoms with Crippen LogP contribution in [0.3, 0.4) is 0 Å². The maximum atomic E-state index is 13.8. The molecule has 2 heterocycles. The van der Waals surface area contributed by atoms with Crippen molar-refractivity contribution in [3.8, 4) is 11.5 Å². The van der Waals surface area contributed by atoms with Gasteiger partial charge >= 0.3 is 0 Å². The fraction of sp³-hybridized carbons (Fsp3) is 0.450. The van der Waals surface area contributed by atoms with E-state index in [4.69, 9.17) is 4.74 Å². The summed E-state index contributed by atoms with van der Waals surface area (Å²) in [6, 6.07) is 6.86. The summed E-state index contributed by atoms with van der Waals surface area (Å²) >= 11 is 0. The van der Waals surface area contributed by atoms with Crippen molar-refractivity contribution < 1.29 is 23.7 Å². The van der Waals surface area contributed by atoms with Gasteiger partial charge in [0.15, 0.2) is 17.4 Å². The molecule has 4 atom stereocenters. The molecule has 1 aromatic heterocycles. The van der Waals surface area contributed by atoms with Crippen LogP contribution in [0.15, 0.2) is 36.5 Å². The molecular weight excluding hydrogens is 354 g/mol. The zero-order valence-electron chi connectivity index (χ0n) is 14.8. The minimum absolute atomic E-state index is 0.0685. The van der Waals surface area contributed by atoms with Gasteiger partial charge in [0.05, 0.1) is 18.0 Å². The van der Waals surface area contributed by atoms with Crippen molar-refractivity contribution in [2.45, 2.75) is 25.0 Å². The smallest absolute Gasteiger partial charge is 0.191 e. The summed E-state index contributed by atoms with van der Waals surface area (Å²) in [5, 5.41) is 19.6. The minimum atomic E-state index is -0.719. The summed E-state index contributed by atoms with van der Waals surface area (Å²) in [5.74, 6) is -0.766. The summed E-state index contributed by atoms with van der Waals surface area (Å²) in [6.07, 6.45) is 1.92. The van der Waals surface area contributed by atoms with Crippen molar-refractivity contribution in [2.24, 2.45) is 11.8 Å². The van der Waals surface area contributed by atoms with Crippen LogP contribution in [0.2, 0.25) is 0 Å². The summed E-state index contributed by atoms with van der Waals surface area (Å²) < 4.78 is 33.1. The Morgan fingerprint density at radius 2 is 1.78 bits per heavy atom. The van der Waals surface area contributed by atoms with Crippen molar-refractivity contribution in [1.29, 1.82) is 0 Å². The highest BCUT2D eigenvalue weighted by Crippen LogP contribution is 2.40. The normalized spacial score (nSPS) is 26.1. The van der Waals surface area contributed by atoms with Crippen molar-refractivity contribution in [1.82, 2.24) is 9.88 Å². The van der Waals surface area contributed by atoms with Crippen LogP contribution >= 0.6 is 0 Å². The number of pyridine rings is 1. The molecule has 1 saturated carbocycles. The van der Waals surface area contributed by atoms with Gasteiger partial charge in [0.2, 0.25) is 0 Å². The number of β-amino-alcohol motifs (C(OH)–C–C–N with tert-alkyl or cyclic N) is 1. The largest absolute Gasteiger partial charge is 0.506 e. The molecule has 1 aliphatic heterocycles. The topological polar surface area (TPSA) is 65.8 Å². The van der Waals surface area contributed by atoms with Crippen LogP contribution in [0.25, 0.3) is 0 Å². The highest BCUT2D eigenvalue weighted by atomic mass is 19.1. The molecule has 2 N–H and O–H groups in total. The fourth-order valence-electron chi connectivity index (χ4n) is 4.28. The number of para-hydroxylation sites is 1. The quantitative estimate of drug-likeness (QED) is 0.840. The van der Waals surface area contributed by atoms with Crippen molar-refractivity contribution >= 4 is 0 Å². The number of hydrogen-bond donors (Lipinski definition) is 2. The number of hydrogen-bond acceptors (Lipinski definition) is 5. The Morgan fingerprint density at radius 3 is 2.37 bits per heavy atom. The number of ether oxygens (including phenoxy) is 1. The van der Waals surface area contributed by atoms with Crippen molar-refractivity contribution in [3.05, 3.63) is 53.9 Å². The first-order valence-electron chi connectivity index (χ1n) is 9.15. The second-order valence-corrected chi connectivity index (χ2v) is 7.46. The summed E-state index contributed by atoms with van der Waals surface area (Å²) in [5.41, 5.74) is 0.529. The van der Waals surface area contributed by atoms with Crippen LogP contribution in [0.1, 0.15) is 24.6 Å². The molecule has 0 bridgehead atoms. The molecule has 1 aromatic carbocycles. The van der Waals surface area contributed by atoms with Gasteiger partial charge in [0.1, 0.15) is 11.9 Å². The lowest BCUT2D eigenvalue weighted by Crippen LogP contribution is -2.29. The average Bonchev–Trinajstić information content (AvgIpc) is 3.16. The lowest BCUT2D eigenvalue weighted by atomic mass is 10.0. The summed E-state index contributed by atoms with van der Waals surface area (Å²) in [4.78, 5) is 6.24. The van der Waals surface area contributed by atoms with E-state index in [0.29, 0.717) is 24.1 Å². The molecule has 7 heteroatoms. The number of aliphatic hydroxyl groups is 1. The Morgan fingerprint density at radius 1 is 1.11 bits per heavy atom. The number of nitrogens with zero attached hydrogens (tertiary/aromatic N) is 2. The third-order valence-corrected chi connectivity index (χ3v) is 5.53. The van der Waals surface area contributed by atoms with Crippen LogP contribution in [0.4, 0.5) is 8.78 Å². The first-order chi connectivity index (χ1) is 13.0. The van der Waals surface area contributed by atoms with Crippen LogP contribution < -0.4 is 4.74 Å². The SMILES string of the molecule is Oc1ccc(C(O)CN2C[C@H]3C[C@H](Oc4c(F)cccc4F)C[C@H]3C2)nc1. The Balaban J connectivity index is 1.31. The standard InChI is InChI=1S/C20H22F2N2O3/c21-16-2-1-3-17(22)20(16)27-15-6-12-9-24(10-13(12)7-15)11-19(26)18-5-4-14(25)8-23-18/h1-5,8,12-13,15,19,25-26H,6-7,9-11H2/t12-,13+,15+,19?. The van der Waals surface area contributed by atoms with E-state index < -0.39 is 17.7 Å². The highest BCUT2D eigenvalue weighted by molar-refractivity contribution is 5.26. The Hall–Kier alpha value is -2.25. The average molecular weight is 376 g/mol. The van der Waals surface area contributed by atoms with Gasteiger partial charge < -0.3 is 14.9 Å². The van der Waals surface area contributed by atoms with Gasteiger partial charge in [-0.3, -0.25) is 9.88 Å². The second-order valence-electron chi connectivity index (χ2n) is 7.46. The number of halogens is 2. The lowest BCUT2D eigenvalue weighted by molar-refractivity contribution is 0.112. The van der Waals surface area contributed by atoms with Crippen molar-refractivity contribution in [2.75, 3.05) is 19.6 Å². The molecule has 0 spiro atoms. The van der Waals surface area contributed by atoms with E-state index in [0.717, 1.165) is 25.9 Å². The van der Waals surface area contributed by atoms with Gasteiger partial charge in [-0.25, -0.2) is 8.78 Å². The second kappa shape index (κ2) is 7.40. The molecule has 2 fully saturated rings.